The van der Waals surface area contributed by atoms with E-state index >= 15 is 0 Å². The highest BCUT2D eigenvalue weighted by Gasteiger charge is 2.37. The molecule has 0 spiro atoms. The Morgan fingerprint density at radius 3 is 2.62 bits per heavy atom. The van der Waals surface area contributed by atoms with Crippen molar-refractivity contribution < 1.29 is 13.2 Å². The van der Waals surface area contributed by atoms with Crippen molar-refractivity contribution in [3.63, 3.8) is 0 Å². The summed E-state index contributed by atoms with van der Waals surface area (Å²) in [6.07, 6.45) is 0.668. The molecule has 0 aliphatic carbocycles. The summed E-state index contributed by atoms with van der Waals surface area (Å²) < 4.78 is 26.6. The number of piperazine rings is 1. The largest absolute Gasteiger partial charge is 0.353 e. The Hall–Kier alpha value is -1.91. The average Bonchev–Trinajstić information content (AvgIpc) is 2.48. The molecule has 1 saturated heterocycles. The fraction of sp³-hybridized carbons (Fsp3) is 0.429. The van der Waals surface area contributed by atoms with E-state index in [0.717, 1.165) is 5.56 Å². The highest BCUT2D eigenvalue weighted by atomic mass is 32.2. The van der Waals surface area contributed by atoms with Crippen LogP contribution in [0.1, 0.15) is 18.9 Å². The third-order valence-electron chi connectivity index (χ3n) is 3.48. The van der Waals surface area contributed by atoms with Gasteiger partial charge in [-0.3, -0.25) is 4.79 Å². The number of nitrogens with zero attached hydrogens (tertiary/aromatic N) is 2. The molecule has 1 aliphatic heterocycles. The standard InChI is InChI=1S/C14H17N3O3S/c1-2-13-14(18)16-9-10-17(13)21(19,20)12-5-3-11(4-6-12)7-8-15/h3-6,13H,2,7,9-10H2,1H3,(H,16,18). The lowest BCUT2D eigenvalue weighted by Crippen LogP contribution is -2.56. The fourth-order valence-electron chi connectivity index (χ4n) is 2.38. The van der Waals surface area contributed by atoms with E-state index < -0.39 is 16.1 Å². The zero-order chi connectivity index (χ0) is 15.5. The molecule has 6 nitrogen and oxygen atoms in total. The summed E-state index contributed by atoms with van der Waals surface area (Å²) in [6, 6.07) is 7.58. The molecule has 1 N–H and O–H groups in total. The number of hydrogen-bond donors (Lipinski definition) is 1. The van der Waals surface area contributed by atoms with E-state index in [2.05, 4.69) is 5.32 Å². The Labute approximate surface area is 124 Å². The maximum atomic E-state index is 12.7. The molecular weight excluding hydrogens is 290 g/mol. The first-order chi connectivity index (χ1) is 10.0. The van der Waals surface area contributed by atoms with Crippen molar-refractivity contribution in [3.8, 4) is 6.07 Å². The molecular formula is C14H17N3O3S. The van der Waals surface area contributed by atoms with Gasteiger partial charge >= 0.3 is 0 Å². The van der Waals surface area contributed by atoms with Crippen LogP contribution >= 0.6 is 0 Å². The minimum atomic E-state index is -3.70. The van der Waals surface area contributed by atoms with Crippen LogP contribution in [0.25, 0.3) is 0 Å². The van der Waals surface area contributed by atoms with E-state index in [9.17, 15) is 13.2 Å². The number of carbonyl (C=O) groups excluding carboxylic acids is 1. The Balaban J connectivity index is 2.32. The summed E-state index contributed by atoms with van der Waals surface area (Å²) >= 11 is 0. The van der Waals surface area contributed by atoms with Crippen LogP contribution in [-0.2, 0) is 21.2 Å². The van der Waals surface area contributed by atoms with Crippen LogP contribution in [0.2, 0.25) is 0 Å². The number of nitriles is 1. The molecule has 21 heavy (non-hydrogen) atoms. The van der Waals surface area contributed by atoms with E-state index in [1.807, 2.05) is 6.07 Å². The van der Waals surface area contributed by atoms with Crippen LogP contribution in [0, 0.1) is 11.3 Å². The van der Waals surface area contributed by atoms with Crippen molar-refractivity contribution in [2.75, 3.05) is 13.1 Å². The van der Waals surface area contributed by atoms with Crippen molar-refractivity contribution in [3.05, 3.63) is 29.8 Å². The summed E-state index contributed by atoms with van der Waals surface area (Å²) in [5.41, 5.74) is 0.764. The second-order valence-electron chi connectivity index (χ2n) is 4.81. The first kappa shape index (κ1) is 15.5. The first-order valence-corrected chi connectivity index (χ1v) is 8.20. The van der Waals surface area contributed by atoms with Gasteiger partial charge in [-0.15, -0.1) is 0 Å². The predicted octanol–water partition coefficient (Wildman–Crippen LogP) is 0.652. The lowest BCUT2D eigenvalue weighted by Gasteiger charge is -2.33. The number of amides is 1. The van der Waals surface area contributed by atoms with Gasteiger partial charge in [-0.25, -0.2) is 8.42 Å². The molecule has 0 bridgehead atoms. The monoisotopic (exact) mass is 307 g/mol. The average molecular weight is 307 g/mol. The van der Waals surface area contributed by atoms with E-state index in [1.165, 1.54) is 16.4 Å². The molecule has 1 aromatic rings. The zero-order valence-corrected chi connectivity index (χ0v) is 12.6. The molecule has 0 saturated carbocycles. The summed E-state index contributed by atoms with van der Waals surface area (Å²) in [5.74, 6) is -0.256. The van der Waals surface area contributed by atoms with Crippen LogP contribution in [0.3, 0.4) is 0 Å². The van der Waals surface area contributed by atoms with Crippen LogP contribution in [0.15, 0.2) is 29.2 Å². The second-order valence-corrected chi connectivity index (χ2v) is 6.70. The molecule has 7 heteroatoms. The van der Waals surface area contributed by atoms with Gasteiger partial charge in [0.1, 0.15) is 6.04 Å². The summed E-state index contributed by atoms with van der Waals surface area (Å²) in [6.45, 7) is 2.38. The van der Waals surface area contributed by atoms with Gasteiger partial charge in [0.25, 0.3) is 0 Å². The summed E-state index contributed by atoms with van der Waals surface area (Å²) in [5, 5.41) is 11.3. The molecule has 1 amide bonds. The van der Waals surface area contributed by atoms with E-state index in [1.54, 1.807) is 19.1 Å². The quantitative estimate of drug-likeness (QED) is 0.884. The van der Waals surface area contributed by atoms with E-state index in [-0.39, 0.29) is 23.8 Å². The van der Waals surface area contributed by atoms with Gasteiger partial charge in [0.15, 0.2) is 0 Å². The van der Waals surface area contributed by atoms with Crippen molar-refractivity contribution in [1.82, 2.24) is 9.62 Å². The Bertz CT molecular complexity index is 662. The van der Waals surface area contributed by atoms with Gasteiger partial charge in [0, 0.05) is 13.1 Å². The minimum Gasteiger partial charge on any atom is -0.353 e. The number of benzene rings is 1. The van der Waals surface area contributed by atoms with Crippen molar-refractivity contribution >= 4 is 15.9 Å². The van der Waals surface area contributed by atoms with Gasteiger partial charge in [-0.2, -0.15) is 9.57 Å². The van der Waals surface area contributed by atoms with Crippen LogP contribution in [0.4, 0.5) is 0 Å². The second kappa shape index (κ2) is 6.24. The highest BCUT2D eigenvalue weighted by molar-refractivity contribution is 7.89. The van der Waals surface area contributed by atoms with Crippen LogP contribution < -0.4 is 5.32 Å². The molecule has 2 rings (SSSR count). The number of carbonyl (C=O) groups is 1. The lowest BCUT2D eigenvalue weighted by molar-refractivity contribution is -0.126. The SMILES string of the molecule is CCC1C(=O)NCCN1S(=O)(=O)c1ccc(CC#N)cc1. The maximum Gasteiger partial charge on any atom is 0.243 e. The van der Waals surface area contributed by atoms with Crippen molar-refractivity contribution in [2.24, 2.45) is 0 Å². The Morgan fingerprint density at radius 2 is 2.05 bits per heavy atom. The Morgan fingerprint density at radius 1 is 1.38 bits per heavy atom. The summed E-state index contributed by atoms with van der Waals surface area (Å²) in [7, 11) is -3.70. The summed E-state index contributed by atoms with van der Waals surface area (Å²) in [4.78, 5) is 12.0. The minimum absolute atomic E-state index is 0.150. The third-order valence-corrected chi connectivity index (χ3v) is 5.40. The number of rotatable bonds is 4. The molecule has 1 heterocycles. The number of sulfonamides is 1. The number of nitrogens with one attached hydrogen (secondary N) is 1. The fourth-order valence-corrected chi connectivity index (χ4v) is 4.04. The van der Waals surface area contributed by atoms with Gasteiger partial charge in [-0.05, 0) is 24.1 Å². The van der Waals surface area contributed by atoms with Crippen molar-refractivity contribution in [2.45, 2.75) is 30.7 Å². The molecule has 1 atom stereocenters. The number of hydrogen-bond acceptors (Lipinski definition) is 4. The van der Waals surface area contributed by atoms with E-state index in [4.69, 9.17) is 5.26 Å². The molecule has 1 unspecified atom stereocenters. The normalized spacial score (nSPS) is 19.8. The van der Waals surface area contributed by atoms with Gasteiger partial charge < -0.3 is 5.32 Å². The highest BCUT2D eigenvalue weighted by Crippen LogP contribution is 2.21. The molecule has 1 aromatic carbocycles. The predicted molar refractivity (Wildman–Crippen MR) is 76.7 cm³/mol. The topological polar surface area (TPSA) is 90.3 Å². The maximum absolute atomic E-state index is 12.7. The van der Waals surface area contributed by atoms with Crippen LogP contribution in [-0.4, -0.2) is 37.8 Å². The molecule has 0 radical (unpaired) electrons. The first-order valence-electron chi connectivity index (χ1n) is 6.76. The smallest absolute Gasteiger partial charge is 0.243 e. The Kier molecular flexibility index (Phi) is 4.60. The van der Waals surface area contributed by atoms with Crippen molar-refractivity contribution in [1.29, 1.82) is 5.26 Å². The lowest BCUT2D eigenvalue weighted by atomic mass is 10.2. The third kappa shape index (κ3) is 3.06. The van der Waals surface area contributed by atoms with E-state index in [0.29, 0.717) is 13.0 Å². The molecule has 1 aliphatic rings. The van der Waals surface area contributed by atoms with Crippen LogP contribution in [0.5, 0.6) is 0 Å². The zero-order valence-electron chi connectivity index (χ0n) is 11.7. The van der Waals surface area contributed by atoms with Gasteiger partial charge in [0.05, 0.1) is 17.4 Å². The van der Waals surface area contributed by atoms with Gasteiger partial charge in [0.2, 0.25) is 15.9 Å². The van der Waals surface area contributed by atoms with Gasteiger partial charge in [-0.1, -0.05) is 19.1 Å². The molecule has 0 aromatic heterocycles. The molecule has 1 fully saturated rings. The molecule has 112 valence electrons.